The van der Waals surface area contributed by atoms with Crippen LogP contribution in [0.4, 0.5) is 24.5 Å². The minimum atomic E-state index is -4.60. The van der Waals surface area contributed by atoms with E-state index in [9.17, 15) is 18.0 Å². The van der Waals surface area contributed by atoms with Crippen molar-refractivity contribution in [1.82, 2.24) is 9.88 Å². The highest BCUT2D eigenvalue weighted by atomic mass is 19.4. The summed E-state index contributed by atoms with van der Waals surface area (Å²) < 4.78 is 57.0. The molecule has 1 fully saturated rings. The third-order valence-electron chi connectivity index (χ3n) is 5.54. The van der Waals surface area contributed by atoms with E-state index < -0.39 is 17.6 Å². The van der Waals surface area contributed by atoms with E-state index in [1.807, 2.05) is 6.92 Å². The molecular weight excluding hydrogens is 427 g/mol. The number of carbonyl (C=O) groups is 1. The number of pyridine rings is 1. The van der Waals surface area contributed by atoms with Gasteiger partial charge in [-0.15, -0.1) is 0 Å². The lowest BCUT2D eigenvalue weighted by Gasteiger charge is -2.32. The molecule has 2 aromatic rings. The Balaban J connectivity index is 1.59. The topological polar surface area (TPSA) is 64.1 Å². The summed E-state index contributed by atoms with van der Waals surface area (Å²) in [6, 6.07) is 6.28. The van der Waals surface area contributed by atoms with Crippen molar-refractivity contribution in [3.05, 3.63) is 36.0 Å². The van der Waals surface area contributed by atoms with Crippen LogP contribution in [0.2, 0.25) is 0 Å². The van der Waals surface area contributed by atoms with Gasteiger partial charge in [-0.05, 0) is 18.2 Å². The highest BCUT2D eigenvalue weighted by Crippen LogP contribution is 2.42. The first kappa shape index (κ1) is 22.0. The number of rotatable bonds is 5. The number of amides is 1. The molecule has 1 aromatic heterocycles. The van der Waals surface area contributed by atoms with Crippen LogP contribution in [0.1, 0.15) is 25.3 Å². The zero-order valence-corrected chi connectivity index (χ0v) is 17.8. The number of likely N-dealkylation sites (tertiary alicyclic amines) is 1. The fraction of sp³-hybridized carbons (Fsp3) is 0.455. The van der Waals surface area contributed by atoms with Crippen molar-refractivity contribution in [2.24, 2.45) is 0 Å². The lowest BCUT2D eigenvalue weighted by atomic mass is 10.1. The number of alkyl halides is 3. The van der Waals surface area contributed by atoms with E-state index in [-0.39, 0.29) is 17.7 Å². The summed E-state index contributed by atoms with van der Waals surface area (Å²) in [6.07, 6.45) is -2.21. The number of anilines is 2. The zero-order valence-electron chi connectivity index (χ0n) is 17.8. The molecule has 0 radical (unpaired) electrons. The second-order valence-corrected chi connectivity index (χ2v) is 7.60. The highest BCUT2D eigenvalue weighted by Gasteiger charge is 2.36. The van der Waals surface area contributed by atoms with Crippen LogP contribution in [0.3, 0.4) is 0 Å². The molecule has 2 aliphatic rings. The van der Waals surface area contributed by atoms with Crippen LogP contribution in [0, 0.1) is 0 Å². The fourth-order valence-corrected chi connectivity index (χ4v) is 3.96. The van der Waals surface area contributed by atoms with E-state index in [4.69, 9.17) is 14.2 Å². The average molecular weight is 451 g/mol. The van der Waals surface area contributed by atoms with E-state index in [2.05, 4.69) is 4.98 Å². The molecule has 172 valence electrons. The number of carbonyl (C=O) groups excluding carboxylic acids is 1. The predicted molar refractivity (Wildman–Crippen MR) is 111 cm³/mol. The monoisotopic (exact) mass is 451 g/mol. The van der Waals surface area contributed by atoms with Crippen LogP contribution < -0.4 is 19.1 Å². The summed E-state index contributed by atoms with van der Waals surface area (Å²) in [5.74, 6) is 0.725. The van der Waals surface area contributed by atoms with E-state index in [0.717, 1.165) is 19.6 Å². The third-order valence-corrected chi connectivity index (χ3v) is 5.54. The van der Waals surface area contributed by atoms with E-state index in [0.29, 0.717) is 49.8 Å². The molecule has 4 rings (SSSR count). The minimum Gasteiger partial charge on any atom is -0.490 e. The first-order chi connectivity index (χ1) is 15.3. The van der Waals surface area contributed by atoms with Crippen molar-refractivity contribution in [3.8, 4) is 17.4 Å². The highest BCUT2D eigenvalue weighted by molar-refractivity contribution is 5.76. The van der Waals surface area contributed by atoms with Crippen molar-refractivity contribution in [2.45, 2.75) is 32.0 Å². The Morgan fingerprint density at radius 3 is 2.81 bits per heavy atom. The second kappa shape index (κ2) is 8.76. The Hall–Kier alpha value is -3.17. The number of fused-ring (bicyclic) bond motifs is 1. The number of hydrogen-bond acceptors (Lipinski definition) is 6. The van der Waals surface area contributed by atoms with Crippen LogP contribution in [0.15, 0.2) is 30.5 Å². The Morgan fingerprint density at radius 2 is 2.09 bits per heavy atom. The summed E-state index contributed by atoms with van der Waals surface area (Å²) in [4.78, 5) is 19.3. The molecule has 1 atom stereocenters. The van der Waals surface area contributed by atoms with Gasteiger partial charge in [0.1, 0.15) is 29.8 Å². The van der Waals surface area contributed by atoms with Crippen molar-refractivity contribution >= 4 is 17.3 Å². The van der Waals surface area contributed by atoms with Gasteiger partial charge in [-0.1, -0.05) is 6.92 Å². The van der Waals surface area contributed by atoms with Gasteiger partial charge in [0.2, 0.25) is 11.8 Å². The van der Waals surface area contributed by atoms with Gasteiger partial charge in [0.15, 0.2) is 0 Å². The molecule has 1 unspecified atom stereocenters. The van der Waals surface area contributed by atoms with E-state index >= 15 is 0 Å². The summed E-state index contributed by atoms with van der Waals surface area (Å²) in [6.45, 7) is 3.66. The fourth-order valence-electron chi connectivity index (χ4n) is 3.96. The van der Waals surface area contributed by atoms with Gasteiger partial charge in [0.05, 0.1) is 37.8 Å². The molecule has 3 heterocycles. The Morgan fingerprint density at radius 1 is 1.28 bits per heavy atom. The summed E-state index contributed by atoms with van der Waals surface area (Å²) >= 11 is 0. The Labute approximate surface area is 183 Å². The van der Waals surface area contributed by atoms with Gasteiger partial charge in [-0.25, -0.2) is 4.98 Å². The molecule has 0 spiro atoms. The SMILES string of the molecule is CCC(=O)N1CCC(Oc2ccc3c(c2)N(c2cnc(OC)c(C(F)(F)F)c2)CCO3)C1. The molecule has 7 nitrogen and oxygen atoms in total. The van der Waals surface area contributed by atoms with Crippen LogP contribution in [-0.4, -0.2) is 55.2 Å². The number of halogens is 3. The number of nitrogens with zero attached hydrogens (tertiary/aromatic N) is 3. The maximum absolute atomic E-state index is 13.5. The van der Waals surface area contributed by atoms with Crippen LogP contribution in [-0.2, 0) is 11.0 Å². The van der Waals surface area contributed by atoms with E-state index in [1.165, 1.54) is 6.20 Å². The lowest BCUT2D eigenvalue weighted by Crippen LogP contribution is -2.30. The normalized spacial score (nSPS) is 18.2. The summed E-state index contributed by atoms with van der Waals surface area (Å²) in [5, 5.41) is 0. The first-order valence-electron chi connectivity index (χ1n) is 10.4. The zero-order chi connectivity index (χ0) is 22.9. The quantitative estimate of drug-likeness (QED) is 0.684. The van der Waals surface area contributed by atoms with Crippen molar-refractivity contribution in [1.29, 1.82) is 0 Å². The predicted octanol–water partition coefficient (Wildman–Crippen LogP) is 4.03. The van der Waals surface area contributed by atoms with Crippen LogP contribution in [0.25, 0.3) is 0 Å². The van der Waals surface area contributed by atoms with Gasteiger partial charge in [0, 0.05) is 25.5 Å². The molecular formula is C22H24F3N3O4. The summed E-state index contributed by atoms with van der Waals surface area (Å²) in [7, 11) is 1.16. The van der Waals surface area contributed by atoms with Gasteiger partial charge in [-0.3, -0.25) is 4.79 Å². The largest absolute Gasteiger partial charge is 0.490 e. The van der Waals surface area contributed by atoms with Crippen molar-refractivity contribution < 1.29 is 32.2 Å². The number of ether oxygens (including phenoxy) is 3. The molecule has 32 heavy (non-hydrogen) atoms. The van der Waals surface area contributed by atoms with Crippen LogP contribution in [0.5, 0.6) is 17.4 Å². The number of aromatic nitrogens is 1. The Bertz CT molecular complexity index is 999. The van der Waals surface area contributed by atoms with Crippen molar-refractivity contribution in [3.63, 3.8) is 0 Å². The molecule has 1 amide bonds. The molecule has 10 heteroatoms. The van der Waals surface area contributed by atoms with Crippen molar-refractivity contribution in [2.75, 3.05) is 38.3 Å². The molecule has 0 saturated carbocycles. The number of hydrogen-bond donors (Lipinski definition) is 0. The Kier molecular flexibility index (Phi) is 6.03. The molecule has 0 N–H and O–H groups in total. The van der Waals surface area contributed by atoms with Gasteiger partial charge in [0.25, 0.3) is 0 Å². The maximum Gasteiger partial charge on any atom is 0.421 e. The standard InChI is InChI=1S/C22H24F3N3O4/c1-3-20(29)27-7-6-16(13-27)32-15-4-5-19-18(11-15)28(8-9-31-19)14-10-17(22(23,24)25)21(30-2)26-12-14/h4-5,10-12,16H,3,6-9,13H2,1-2H3. The average Bonchev–Trinajstić information content (AvgIpc) is 3.25. The molecule has 2 aliphatic heterocycles. The smallest absolute Gasteiger partial charge is 0.421 e. The molecule has 1 aromatic carbocycles. The number of benzene rings is 1. The molecule has 1 saturated heterocycles. The summed E-state index contributed by atoms with van der Waals surface area (Å²) in [5.41, 5.74) is -0.0710. The lowest BCUT2D eigenvalue weighted by molar-refractivity contribution is -0.139. The first-order valence-corrected chi connectivity index (χ1v) is 10.4. The van der Waals surface area contributed by atoms with Gasteiger partial charge in [-0.2, -0.15) is 13.2 Å². The minimum absolute atomic E-state index is 0.0913. The maximum atomic E-state index is 13.5. The van der Waals surface area contributed by atoms with Crippen LogP contribution >= 0.6 is 0 Å². The molecule has 0 aliphatic carbocycles. The number of methoxy groups -OCH3 is 1. The molecule has 0 bridgehead atoms. The van der Waals surface area contributed by atoms with Gasteiger partial charge < -0.3 is 24.0 Å². The van der Waals surface area contributed by atoms with E-state index in [1.54, 1.807) is 28.0 Å². The second-order valence-electron chi connectivity index (χ2n) is 7.60. The third kappa shape index (κ3) is 4.39. The van der Waals surface area contributed by atoms with Gasteiger partial charge >= 0.3 is 6.18 Å².